The van der Waals surface area contributed by atoms with Crippen molar-refractivity contribution in [2.75, 3.05) is 13.1 Å². The van der Waals surface area contributed by atoms with E-state index in [-0.39, 0.29) is 0 Å². The Labute approximate surface area is 124 Å². The van der Waals surface area contributed by atoms with Gasteiger partial charge in [0.1, 0.15) is 0 Å². The Morgan fingerprint density at radius 3 is 2.85 bits per heavy atom. The molecule has 2 aromatic rings. The average molecular weight is 291 g/mol. The smallest absolute Gasteiger partial charge is 0.214 e. The van der Waals surface area contributed by atoms with Crippen molar-refractivity contribution < 1.29 is 0 Å². The fraction of sp³-hybridized carbons (Fsp3) is 0.500. The number of tetrazole rings is 1. The van der Waals surface area contributed by atoms with Crippen LogP contribution >= 0.6 is 11.8 Å². The molecule has 1 heterocycles. The van der Waals surface area contributed by atoms with E-state index in [0.29, 0.717) is 5.25 Å². The molecular formula is C14H21N5S. The molecule has 108 valence electrons. The van der Waals surface area contributed by atoms with Gasteiger partial charge in [-0.05, 0) is 35.5 Å². The van der Waals surface area contributed by atoms with Crippen LogP contribution in [0.4, 0.5) is 0 Å². The molecular weight excluding hydrogens is 270 g/mol. The van der Waals surface area contributed by atoms with Crippen LogP contribution in [0.15, 0.2) is 35.5 Å². The molecule has 2 rings (SSSR count). The first-order valence-electron chi connectivity index (χ1n) is 7.02. The van der Waals surface area contributed by atoms with E-state index in [1.807, 2.05) is 30.3 Å². The lowest BCUT2D eigenvalue weighted by atomic mass is 10.3. The molecule has 0 bridgehead atoms. The summed E-state index contributed by atoms with van der Waals surface area (Å²) in [6.45, 7) is 6.43. The number of unbranched alkanes of at least 4 members (excludes halogenated alkanes) is 1. The first-order chi connectivity index (χ1) is 9.81. The van der Waals surface area contributed by atoms with E-state index in [1.54, 1.807) is 16.4 Å². The molecule has 0 aliphatic carbocycles. The Bertz CT molecular complexity index is 499. The van der Waals surface area contributed by atoms with Crippen LogP contribution < -0.4 is 5.32 Å². The van der Waals surface area contributed by atoms with E-state index in [4.69, 9.17) is 0 Å². The van der Waals surface area contributed by atoms with E-state index >= 15 is 0 Å². The molecule has 0 aliphatic heterocycles. The third kappa shape index (κ3) is 4.31. The second kappa shape index (κ2) is 8.01. The molecule has 5 nitrogen and oxygen atoms in total. The molecule has 1 aromatic carbocycles. The Kier molecular flexibility index (Phi) is 6.01. The summed E-state index contributed by atoms with van der Waals surface area (Å²) in [5.74, 6) is 0. The summed E-state index contributed by atoms with van der Waals surface area (Å²) >= 11 is 1.69. The van der Waals surface area contributed by atoms with Crippen molar-refractivity contribution >= 4 is 11.8 Å². The molecule has 1 unspecified atom stereocenters. The van der Waals surface area contributed by atoms with Crippen molar-refractivity contribution in [2.24, 2.45) is 0 Å². The van der Waals surface area contributed by atoms with Crippen LogP contribution in [0.2, 0.25) is 0 Å². The molecule has 0 saturated carbocycles. The highest BCUT2D eigenvalue weighted by molar-refractivity contribution is 7.99. The molecule has 6 heteroatoms. The van der Waals surface area contributed by atoms with Gasteiger partial charge in [0, 0.05) is 11.8 Å². The van der Waals surface area contributed by atoms with Crippen LogP contribution in [0.25, 0.3) is 5.69 Å². The molecule has 1 aromatic heterocycles. The first-order valence-corrected chi connectivity index (χ1v) is 7.90. The molecule has 0 amide bonds. The van der Waals surface area contributed by atoms with Gasteiger partial charge >= 0.3 is 0 Å². The third-order valence-electron chi connectivity index (χ3n) is 2.89. The van der Waals surface area contributed by atoms with Gasteiger partial charge in [-0.3, -0.25) is 0 Å². The van der Waals surface area contributed by atoms with E-state index in [0.717, 1.165) is 23.9 Å². The van der Waals surface area contributed by atoms with Gasteiger partial charge in [0.25, 0.3) is 0 Å². The molecule has 0 aliphatic rings. The van der Waals surface area contributed by atoms with Gasteiger partial charge in [0.05, 0.1) is 5.69 Å². The zero-order valence-electron chi connectivity index (χ0n) is 12.0. The second-order valence-electron chi connectivity index (χ2n) is 4.69. The van der Waals surface area contributed by atoms with Crippen LogP contribution in [-0.2, 0) is 0 Å². The molecule has 1 N–H and O–H groups in total. The average Bonchev–Trinajstić information content (AvgIpc) is 2.92. The fourth-order valence-corrected chi connectivity index (χ4v) is 2.70. The summed E-state index contributed by atoms with van der Waals surface area (Å²) in [5, 5.41) is 16.7. The van der Waals surface area contributed by atoms with Crippen LogP contribution in [0.1, 0.15) is 26.7 Å². The summed E-state index contributed by atoms with van der Waals surface area (Å²) in [6.07, 6.45) is 2.44. The molecule has 1 atom stereocenters. The zero-order valence-corrected chi connectivity index (χ0v) is 12.8. The Morgan fingerprint density at radius 1 is 1.30 bits per heavy atom. The lowest BCUT2D eigenvalue weighted by Gasteiger charge is -2.11. The number of para-hydroxylation sites is 1. The van der Waals surface area contributed by atoms with Crippen molar-refractivity contribution in [2.45, 2.75) is 37.1 Å². The number of rotatable bonds is 8. The van der Waals surface area contributed by atoms with Crippen molar-refractivity contribution in [3.63, 3.8) is 0 Å². The van der Waals surface area contributed by atoms with Crippen molar-refractivity contribution in [1.82, 2.24) is 25.5 Å². The quantitative estimate of drug-likeness (QED) is 0.598. The molecule has 0 spiro atoms. The minimum atomic E-state index is 0.431. The number of hydrogen-bond donors (Lipinski definition) is 1. The summed E-state index contributed by atoms with van der Waals surface area (Å²) in [6, 6.07) is 9.97. The van der Waals surface area contributed by atoms with Gasteiger partial charge in [-0.1, -0.05) is 50.2 Å². The maximum Gasteiger partial charge on any atom is 0.214 e. The highest BCUT2D eigenvalue weighted by Crippen LogP contribution is 2.22. The van der Waals surface area contributed by atoms with Gasteiger partial charge in [0.2, 0.25) is 5.16 Å². The molecule has 0 saturated heterocycles. The summed E-state index contributed by atoms with van der Waals surface area (Å²) in [4.78, 5) is 0. The standard InChI is InChI=1S/C14H21N5S/c1-3-4-10-15-11-12(2)20-14-16-17-18-19(14)13-8-6-5-7-9-13/h5-9,12,15H,3-4,10-11H2,1-2H3. The van der Waals surface area contributed by atoms with Gasteiger partial charge < -0.3 is 5.32 Å². The summed E-state index contributed by atoms with van der Waals surface area (Å²) < 4.78 is 1.78. The third-order valence-corrected chi connectivity index (χ3v) is 3.92. The summed E-state index contributed by atoms with van der Waals surface area (Å²) in [7, 11) is 0. The zero-order chi connectivity index (χ0) is 14.2. The number of benzene rings is 1. The van der Waals surface area contributed by atoms with Gasteiger partial charge in [0.15, 0.2) is 0 Å². The van der Waals surface area contributed by atoms with E-state index in [9.17, 15) is 0 Å². The SMILES string of the molecule is CCCCNCC(C)Sc1nnnn1-c1ccccc1. The Balaban J connectivity index is 1.92. The topological polar surface area (TPSA) is 55.6 Å². The van der Waals surface area contributed by atoms with Gasteiger partial charge in [-0.15, -0.1) is 5.10 Å². The van der Waals surface area contributed by atoms with E-state index in [1.165, 1.54) is 12.8 Å². The summed E-state index contributed by atoms with van der Waals surface area (Å²) in [5.41, 5.74) is 0.992. The maximum absolute atomic E-state index is 4.11. The minimum absolute atomic E-state index is 0.431. The number of nitrogens with zero attached hydrogens (tertiary/aromatic N) is 4. The number of thioether (sulfide) groups is 1. The number of hydrogen-bond acceptors (Lipinski definition) is 5. The predicted molar refractivity (Wildman–Crippen MR) is 82.3 cm³/mol. The van der Waals surface area contributed by atoms with Gasteiger partial charge in [-0.25, -0.2) is 0 Å². The van der Waals surface area contributed by atoms with Gasteiger partial charge in [-0.2, -0.15) is 4.68 Å². The van der Waals surface area contributed by atoms with Crippen LogP contribution in [-0.4, -0.2) is 38.5 Å². The van der Waals surface area contributed by atoms with E-state index in [2.05, 4.69) is 34.7 Å². The van der Waals surface area contributed by atoms with Crippen LogP contribution in [0, 0.1) is 0 Å². The van der Waals surface area contributed by atoms with E-state index < -0.39 is 0 Å². The lowest BCUT2D eigenvalue weighted by molar-refractivity contribution is 0.637. The lowest BCUT2D eigenvalue weighted by Crippen LogP contribution is -2.24. The maximum atomic E-state index is 4.11. The van der Waals surface area contributed by atoms with Crippen LogP contribution in [0.3, 0.4) is 0 Å². The largest absolute Gasteiger partial charge is 0.316 e. The molecule has 0 fully saturated rings. The highest BCUT2D eigenvalue weighted by atomic mass is 32.2. The number of aromatic nitrogens is 4. The number of nitrogens with one attached hydrogen (secondary N) is 1. The Morgan fingerprint density at radius 2 is 2.10 bits per heavy atom. The monoisotopic (exact) mass is 291 g/mol. The minimum Gasteiger partial charge on any atom is -0.316 e. The van der Waals surface area contributed by atoms with Crippen molar-refractivity contribution in [1.29, 1.82) is 0 Å². The fourth-order valence-electron chi connectivity index (χ4n) is 1.81. The predicted octanol–water partition coefficient (Wildman–Crippen LogP) is 2.53. The normalized spacial score (nSPS) is 12.5. The first kappa shape index (κ1) is 15.0. The highest BCUT2D eigenvalue weighted by Gasteiger charge is 2.12. The van der Waals surface area contributed by atoms with Crippen molar-refractivity contribution in [3.8, 4) is 5.69 Å². The second-order valence-corrected chi connectivity index (χ2v) is 6.10. The molecule has 0 radical (unpaired) electrons. The van der Waals surface area contributed by atoms with Crippen LogP contribution in [0.5, 0.6) is 0 Å². The molecule has 20 heavy (non-hydrogen) atoms. The Hall–Kier alpha value is -1.40. The van der Waals surface area contributed by atoms with Crippen molar-refractivity contribution in [3.05, 3.63) is 30.3 Å².